The van der Waals surface area contributed by atoms with E-state index in [1.54, 1.807) is 0 Å². The van der Waals surface area contributed by atoms with Crippen molar-refractivity contribution in [3.63, 3.8) is 0 Å². The van der Waals surface area contributed by atoms with E-state index in [2.05, 4.69) is 19.2 Å². The molecule has 0 heterocycles. The molecule has 24 heavy (non-hydrogen) atoms. The van der Waals surface area contributed by atoms with Crippen LogP contribution < -0.4 is 10.1 Å². The summed E-state index contributed by atoms with van der Waals surface area (Å²) in [4.78, 5) is 12.2. The maximum atomic E-state index is 13.6. The minimum atomic E-state index is -0.898. The summed E-state index contributed by atoms with van der Waals surface area (Å²) in [5.41, 5.74) is 1.50. The first-order valence-corrected chi connectivity index (χ1v) is 7.81. The number of rotatable bonds is 5. The number of amides is 1. The fourth-order valence-corrected chi connectivity index (χ4v) is 2.19. The molecule has 0 fully saturated rings. The van der Waals surface area contributed by atoms with Gasteiger partial charge in [-0.15, -0.1) is 0 Å². The predicted octanol–water partition coefficient (Wildman–Crippen LogP) is 4.80. The number of nitrogens with one attached hydrogen (secondary N) is 1. The van der Waals surface area contributed by atoms with Gasteiger partial charge in [-0.2, -0.15) is 0 Å². The van der Waals surface area contributed by atoms with Crippen molar-refractivity contribution in [1.82, 2.24) is 0 Å². The quantitative estimate of drug-likeness (QED) is 0.853. The largest absolute Gasteiger partial charge is 0.481 e. The van der Waals surface area contributed by atoms with E-state index < -0.39 is 29.3 Å². The van der Waals surface area contributed by atoms with E-state index in [9.17, 15) is 13.6 Å². The van der Waals surface area contributed by atoms with Gasteiger partial charge in [-0.25, -0.2) is 8.78 Å². The summed E-state index contributed by atoms with van der Waals surface area (Å²) in [6.45, 7) is 7.53. The van der Waals surface area contributed by atoms with Crippen LogP contribution in [0.2, 0.25) is 0 Å². The standard InChI is InChI=1S/C19H21F2NO2/c1-11(2)14-9-8-12(3)17(10-14)24-13(4)19(23)22-18-15(20)6-5-7-16(18)21/h5-11,13H,1-4H3,(H,22,23). The van der Waals surface area contributed by atoms with Crippen LogP contribution in [0.5, 0.6) is 5.75 Å². The van der Waals surface area contributed by atoms with Crippen LogP contribution in [-0.4, -0.2) is 12.0 Å². The summed E-state index contributed by atoms with van der Waals surface area (Å²) in [5, 5.41) is 2.24. The number of aryl methyl sites for hydroxylation is 1. The molecule has 1 unspecified atom stereocenters. The van der Waals surface area contributed by atoms with Crippen LogP contribution >= 0.6 is 0 Å². The van der Waals surface area contributed by atoms with Crippen molar-refractivity contribution >= 4 is 11.6 Å². The van der Waals surface area contributed by atoms with Gasteiger partial charge >= 0.3 is 0 Å². The minimum absolute atomic E-state index is 0.324. The number of ether oxygens (including phenoxy) is 1. The average molecular weight is 333 g/mol. The third-order valence-electron chi connectivity index (χ3n) is 3.76. The van der Waals surface area contributed by atoms with Gasteiger partial charge in [0.2, 0.25) is 0 Å². The Bertz CT molecular complexity index is 724. The molecule has 2 rings (SSSR count). The van der Waals surface area contributed by atoms with Gasteiger partial charge in [-0.3, -0.25) is 4.79 Å². The molecule has 0 aliphatic heterocycles. The number of benzene rings is 2. The molecule has 2 aromatic carbocycles. The SMILES string of the molecule is Cc1ccc(C(C)C)cc1OC(C)C(=O)Nc1c(F)cccc1F. The lowest BCUT2D eigenvalue weighted by atomic mass is 10.0. The highest BCUT2D eigenvalue weighted by molar-refractivity contribution is 5.94. The summed E-state index contributed by atoms with van der Waals surface area (Å²) in [6.07, 6.45) is -0.898. The third-order valence-corrected chi connectivity index (χ3v) is 3.76. The molecule has 0 aliphatic carbocycles. The summed E-state index contributed by atoms with van der Waals surface area (Å²) >= 11 is 0. The molecule has 0 bridgehead atoms. The molecule has 0 saturated heterocycles. The third kappa shape index (κ3) is 4.10. The minimum Gasteiger partial charge on any atom is -0.481 e. The molecule has 0 aliphatic rings. The Labute approximate surface area is 140 Å². The Balaban J connectivity index is 2.13. The zero-order valence-electron chi connectivity index (χ0n) is 14.2. The van der Waals surface area contributed by atoms with E-state index in [-0.39, 0.29) is 0 Å². The summed E-state index contributed by atoms with van der Waals surface area (Å²) in [7, 11) is 0. The van der Waals surface area contributed by atoms with Crippen molar-refractivity contribution in [3.8, 4) is 5.75 Å². The zero-order chi connectivity index (χ0) is 17.9. The van der Waals surface area contributed by atoms with Gasteiger partial charge < -0.3 is 10.1 Å². The lowest BCUT2D eigenvalue weighted by Crippen LogP contribution is -2.31. The number of hydrogen-bond acceptors (Lipinski definition) is 2. The van der Waals surface area contributed by atoms with Crippen LogP contribution in [-0.2, 0) is 4.79 Å². The maximum Gasteiger partial charge on any atom is 0.265 e. The average Bonchev–Trinajstić information content (AvgIpc) is 2.52. The van der Waals surface area contributed by atoms with Crippen molar-refractivity contribution in [2.75, 3.05) is 5.32 Å². The molecular weight excluding hydrogens is 312 g/mol. The highest BCUT2D eigenvalue weighted by Crippen LogP contribution is 2.25. The molecule has 0 radical (unpaired) electrons. The summed E-state index contributed by atoms with van der Waals surface area (Å²) in [6, 6.07) is 9.22. The molecule has 1 amide bonds. The van der Waals surface area contributed by atoms with E-state index in [1.807, 2.05) is 25.1 Å². The van der Waals surface area contributed by atoms with Gasteiger partial charge in [0.05, 0.1) is 0 Å². The maximum absolute atomic E-state index is 13.6. The number of halogens is 2. The monoisotopic (exact) mass is 333 g/mol. The molecular formula is C19H21F2NO2. The number of para-hydroxylation sites is 1. The number of anilines is 1. The van der Waals surface area contributed by atoms with Crippen molar-refractivity contribution < 1.29 is 18.3 Å². The smallest absolute Gasteiger partial charge is 0.265 e. The van der Waals surface area contributed by atoms with Crippen LogP contribution in [0.15, 0.2) is 36.4 Å². The van der Waals surface area contributed by atoms with Gasteiger partial charge in [0.1, 0.15) is 23.1 Å². The van der Waals surface area contributed by atoms with Crippen molar-refractivity contribution in [2.45, 2.75) is 39.7 Å². The predicted molar refractivity (Wildman–Crippen MR) is 90.3 cm³/mol. The van der Waals surface area contributed by atoms with Crippen LogP contribution in [0.4, 0.5) is 14.5 Å². The first-order chi connectivity index (χ1) is 11.3. The molecule has 5 heteroatoms. The van der Waals surface area contributed by atoms with Crippen LogP contribution in [0, 0.1) is 18.6 Å². The van der Waals surface area contributed by atoms with Crippen molar-refractivity contribution in [1.29, 1.82) is 0 Å². The Hall–Kier alpha value is -2.43. The number of carbonyl (C=O) groups is 1. The number of carbonyl (C=O) groups excluding carboxylic acids is 1. The highest BCUT2D eigenvalue weighted by Gasteiger charge is 2.19. The Kier molecular flexibility index (Phi) is 5.54. The van der Waals surface area contributed by atoms with E-state index in [1.165, 1.54) is 13.0 Å². The Morgan fingerprint density at radius 3 is 2.29 bits per heavy atom. The molecule has 0 saturated carbocycles. The first-order valence-electron chi connectivity index (χ1n) is 7.81. The second-order valence-corrected chi connectivity index (χ2v) is 6.03. The van der Waals surface area contributed by atoms with Gasteiger partial charge in [-0.05, 0) is 49.1 Å². The van der Waals surface area contributed by atoms with Crippen LogP contribution in [0.3, 0.4) is 0 Å². The second-order valence-electron chi connectivity index (χ2n) is 6.03. The summed E-state index contributed by atoms with van der Waals surface area (Å²) in [5.74, 6) is -1.36. The molecule has 128 valence electrons. The molecule has 1 atom stereocenters. The number of hydrogen-bond donors (Lipinski definition) is 1. The van der Waals surface area contributed by atoms with E-state index in [0.717, 1.165) is 23.3 Å². The van der Waals surface area contributed by atoms with Gasteiger partial charge in [0.25, 0.3) is 5.91 Å². The fraction of sp³-hybridized carbons (Fsp3) is 0.316. The van der Waals surface area contributed by atoms with E-state index in [0.29, 0.717) is 11.7 Å². The molecule has 0 aromatic heterocycles. The highest BCUT2D eigenvalue weighted by atomic mass is 19.1. The van der Waals surface area contributed by atoms with Crippen LogP contribution in [0.25, 0.3) is 0 Å². The van der Waals surface area contributed by atoms with E-state index >= 15 is 0 Å². The fourth-order valence-electron chi connectivity index (χ4n) is 2.19. The molecule has 3 nitrogen and oxygen atoms in total. The van der Waals surface area contributed by atoms with Crippen LogP contribution in [0.1, 0.15) is 37.8 Å². The van der Waals surface area contributed by atoms with Gasteiger partial charge in [0.15, 0.2) is 6.10 Å². The normalized spacial score (nSPS) is 12.1. The van der Waals surface area contributed by atoms with Gasteiger partial charge in [-0.1, -0.05) is 32.0 Å². The second kappa shape index (κ2) is 7.43. The van der Waals surface area contributed by atoms with Crippen molar-refractivity contribution in [2.24, 2.45) is 0 Å². The Morgan fingerprint density at radius 2 is 1.71 bits per heavy atom. The molecule has 2 aromatic rings. The zero-order valence-corrected chi connectivity index (χ0v) is 14.2. The van der Waals surface area contributed by atoms with Gasteiger partial charge in [0, 0.05) is 0 Å². The first kappa shape index (κ1) is 17.9. The van der Waals surface area contributed by atoms with Crippen molar-refractivity contribution in [3.05, 3.63) is 59.2 Å². The van der Waals surface area contributed by atoms with E-state index in [4.69, 9.17) is 4.74 Å². The lowest BCUT2D eigenvalue weighted by Gasteiger charge is -2.18. The molecule has 0 spiro atoms. The topological polar surface area (TPSA) is 38.3 Å². The molecule has 1 N–H and O–H groups in total. The lowest BCUT2D eigenvalue weighted by molar-refractivity contribution is -0.122. The Morgan fingerprint density at radius 1 is 1.08 bits per heavy atom. The summed E-state index contributed by atoms with van der Waals surface area (Å²) < 4.78 is 32.9.